The van der Waals surface area contributed by atoms with E-state index in [9.17, 15) is 4.79 Å². The number of fused-ring (bicyclic) bond motifs is 1. The molecule has 2 N–H and O–H groups in total. The van der Waals surface area contributed by atoms with Crippen LogP contribution >= 0.6 is 0 Å². The van der Waals surface area contributed by atoms with E-state index in [-0.39, 0.29) is 18.1 Å². The summed E-state index contributed by atoms with van der Waals surface area (Å²) in [7, 11) is 0. The van der Waals surface area contributed by atoms with Gasteiger partial charge in [-0.05, 0) is 12.8 Å². The van der Waals surface area contributed by atoms with Gasteiger partial charge in [0.2, 0.25) is 0 Å². The van der Waals surface area contributed by atoms with Gasteiger partial charge in [-0.15, -0.1) is 10.2 Å². The average Bonchev–Trinajstić information content (AvgIpc) is 3.05. The SMILES string of the molecule is NCC1CCC(C(=O)N2CCn3cnnc3C2)O1. The van der Waals surface area contributed by atoms with Gasteiger partial charge in [0.05, 0.1) is 12.6 Å². The molecule has 7 heteroatoms. The standard InChI is InChI=1S/C11H17N5O2/c12-5-8-1-2-9(18-8)11(17)15-3-4-16-7-13-14-10(16)6-15/h7-9H,1-6,12H2. The largest absolute Gasteiger partial charge is 0.364 e. The smallest absolute Gasteiger partial charge is 0.252 e. The van der Waals surface area contributed by atoms with Crippen LogP contribution in [0.2, 0.25) is 0 Å². The molecule has 1 aromatic rings. The van der Waals surface area contributed by atoms with Crippen LogP contribution in [-0.2, 0) is 22.6 Å². The minimum Gasteiger partial charge on any atom is -0.364 e. The van der Waals surface area contributed by atoms with Gasteiger partial charge in [-0.3, -0.25) is 4.79 Å². The molecule has 1 fully saturated rings. The third-order valence-electron chi connectivity index (χ3n) is 3.60. The summed E-state index contributed by atoms with van der Waals surface area (Å²) in [5, 5.41) is 7.85. The first-order valence-electron chi connectivity index (χ1n) is 6.29. The zero-order valence-corrected chi connectivity index (χ0v) is 10.2. The van der Waals surface area contributed by atoms with Gasteiger partial charge in [0.25, 0.3) is 5.91 Å². The zero-order valence-electron chi connectivity index (χ0n) is 10.2. The molecule has 0 aromatic carbocycles. The maximum atomic E-state index is 12.3. The van der Waals surface area contributed by atoms with Crippen molar-refractivity contribution < 1.29 is 9.53 Å². The summed E-state index contributed by atoms with van der Waals surface area (Å²) in [5.41, 5.74) is 5.55. The fraction of sp³-hybridized carbons (Fsp3) is 0.727. The summed E-state index contributed by atoms with van der Waals surface area (Å²) < 4.78 is 7.61. The van der Waals surface area contributed by atoms with Crippen molar-refractivity contribution >= 4 is 5.91 Å². The van der Waals surface area contributed by atoms with E-state index < -0.39 is 0 Å². The molecular weight excluding hydrogens is 234 g/mol. The number of rotatable bonds is 2. The van der Waals surface area contributed by atoms with Crippen LogP contribution in [0, 0.1) is 0 Å². The first-order valence-corrected chi connectivity index (χ1v) is 6.29. The number of nitrogens with zero attached hydrogens (tertiary/aromatic N) is 4. The molecule has 2 unspecified atom stereocenters. The van der Waals surface area contributed by atoms with Crippen molar-refractivity contribution in [2.45, 2.75) is 38.1 Å². The second kappa shape index (κ2) is 4.66. The van der Waals surface area contributed by atoms with Crippen molar-refractivity contribution in [2.75, 3.05) is 13.1 Å². The summed E-state index contributed by atoms with van der Waals surface area (Å²) in [6.45, 7) is 2.45. The van der Waals surface area contributed by atoms with Gasteiger partial charge in [0, 0.05) is 19.6 Å². The molecule has 2 aliphatic heterocycles. The fourth-order valence-electron chi connectivity index (χ4n) is 2.52. The summed E-state index contributed by atoms with van der Waals surface area (Å²) in [4.78, 5) is 14.1. The normalized spacial score (nSPS) is 27.3. The lowest BCUT2D eigenvalue weighted by Gasteiger charge is -2.29. The molecule has 18 heavy (non-hydrogen) atoms. The van der Waals surface area contributed by atoms with Crippen LogP contribution in [0.1, 0.15) is 18.7 Å². The number of carbonyl (C=O) groups is 1. The topological polar surface area (TPSA) is 86.3 Å². The maximum Gasteiger partial charge on any atom is 0.252 e. The van der Waals surface area contributed by atoms with E-state index in [1.54, 1.807) is 11.2 Å². The highest BCUT2D eigenvalue weighted by atomic mass is 16.5. The van der Waals surface area contributed by atoms with Crippen LogP contribution in [-0.4, -0.2) is 50.9 Å². The monoisotopic (exact) mass is 251 g/mol. The molecule has 3 heterocycles. The highest BCUT2D eigenvalue weighted by molar-refractivity contribution is 5.81. The van der Waals surface area contributed by atoms with Gasteiger partial charge >= 0.3 is 0 Å². The van der Waals surface area contributed by atoms with Gasteiger partial charge in [0.15, 0.2) is 5.82 Å². The minimum atomic E-state index is -0.326. The molecule has 0 saturated carbocycles. The summed E-state index contributed by atoms with van der Waals surface area (Å²) in [6.07, 6.45) is 3.05. The summed E-state index contributed by atoms with van der Waals surface area (Å²) >= 11 is 0. The lowest BCUT2D eigenvalue weighted by atomic mass is 10.1. The van der Waals surface area contributed by atoms with Crippen LogP contribution in [0.3, 0.4) is 0 Å². The molecular formula is C11H17N5O2. The van der Waals surface area contributed by atoms with Gasteiger partial charge in [-0.1, -0.05) is 0 Å². The molecule has 7 nitrogen and oxygen atoms in total. The Kier molecular flexibility index (Phi) is 3.00. The Balaban J connectivity index is 1.64. The molecule has 3 rings (SSSR count). The Hall–Kier alpha value is -1.47. The highest BCUT2D eigenvalue weighted by Crippen LogP contribution is 2.22. The minimum absolute atomic E-state index is 0.0346. The number of hydrogen-bond acceptors (Lipinski definition) is 5. The quantitative estimate of drug-likeness (QED) is 0.738. The Bertz CT molecular complexity index is 446. The number of amides is 1. The molecule has 0 bridgehead atoms. The van der Waals surface area contributed by atoms with Gasteiger partial charge in [-0.25, -0.2) is 0 Å². The Morgan fingerprint density at radius 2 is 2.39 bits per heavy atom. The highest BCUT2D eigenvalue weighted by Gasteiger charge is 2.34. The number of nitrogens with two attached hydrogens (primary N) is 1. The van der Waals surface area contributed by atoms with E-state index in [2.05, 4.69) is 10.2 Å². The van der Waals surface area contributed by atoms with Crippen LogP contribution in [0.15, 0.2) is 6.33 Å². The van der Waals surface area contributed by atoms with Crippen molar-refractivity contribution in [1.82, 2.24) is 19.7 Å². The Labute approximate surface area is 105 Å². The van der Waals surface area contributed by atoms with Crippen molar-refractivity contribution in [2.24, 2.45) is 5.73 Å². The fourth-order valence-corrected chi connectivity index (χ4v) is 2.52. The molecule has 0 spiro atoms. The van der Waals surface area contributed by atoms with E-state index in [0.717, 1.165) is 25.2 Å². The molecule has 1 saturated heterocycles. The Morgan fingerprint density at radius 3 is 3.17 bits per heavy atom. The van der Waals surface area contributed by atoms with E-state index in [1.807, 2.05) is 4.57 Å². The predicted molar refractivity (Wildman–Crippen MR) is 62.4 cm³/mol. The second-order valence-electron chi connectivity index (χ2n) is 4.76. The van der Waals surface area contributed by atoms with E-state index in [1.165, 1.54) is 0 Å². The average molecular weight is 251 g/mol. The first-order chi connectivity index (χ1) is 8.78. The lowest BCUT2D eigenvalue weighted by Crippen LogP contribution is -2.43. The Morgan fingerprint density at radius 1 is 1.50 bits per heavy atom. The molecule has 0 radical (unpaired) electrons. The van der Waals surface area contributed by atoms with Crippen molar-refractivity contribution in [1.29, 1.82) is 0 Å². The molecule has 1 amide bonds. The van der Waals surface area contributed by atoms with Crippen LogP contribution in [0.5, 0.6) is 0 Å². The number of hydrogen-bond donors (Lipinski definition) is 1. The van der Waals surface area contributed by atoms with Crippen molar-refractivity contribution in [3.63, 3.8) is 0 Å². The van der Waals surface area contributed by atoms with Crippen molar-refractivity contribution in [3.8, 4) is 0 Å². The predicted octanol–water partition coefficient (Wildman–Crippen LogP) is -0.873. The molecule has 0 aliphatic carbocycles. The molecule has 98 valence electrons. The van der Waals surface area contributed by atoms with E-state index in [0.29, 0.717) is 19.6 Å². The van der Waals surface area contributed by atoms with Crippen molar-refractivity contribution in [3.05, 3.63) is 12.2 Å². The molecule has 1 aromatic heterocycles. The lowest BCUT2D eigenvalue weighted by molar-refractivity contribution is -0.144. The molecule has 2 atom stereocenters. The van der Waals surface area contributed by atoms with Crippen LogP contribution in [0.4, 0.5) is 0 Å². The number of ether oxygens (including phenoxy) is 1. The van der Waals surface area contributed by atoms with Gasteiger partial charge in [0.1, 0.15) is 12.4 Å². The van der Waals surface area contributed by atoms with Gasteiger partial charge in [-0.2, -0.15) is 0 Å². The third kappa shape index (κ3) is 1.99. The van der Waals surface area contributed by atoms with Crippen LogP contribution < -0.4 is 5.73 Å². The van der Waals surface area contributed by atoms with E-state index >= 15 is 0 Å². The van der Waals surface area contributed by atoms with Crippen LogP contribution in [0.25, 0.3) is 0 Å². The summed E-state index contributed by atoms with van der Waals surface area (Å²) in [6, 6.07) is 0. The first kappa shape index (κ1) is 11.6. The number of aromatic nitrogens is 3. The second-order valence-corrected chi connectivity index (χ2v) is 4.76. The van der Waals surface area contributed by atoms with E-state index in [4.69, 9.17) is 10.5 Å². The third-order valence-corrected chi connectivity index (χ3v) is 3.60. The van der Waals surface area contributed by atoms with Gasteiger partial charge < -0.3 is 19.9 Å². The molecule has 2 aliphatic rings. The number of carbonyl (C=O) groups excluding carboxylic acids is 1. The summed E-state index contributed by atoms with van der Waals surface area (Å²) in [5.74, 6) is 0.892. The zero-order chi connectivity index (χ0) is 12.5. The maximum absolute atomic E-state index is 12.3.